The summed E-state index contributed by atoms with van der Waals surface area (Å²) in [6, 6.07) is 9.75. The second kappa shape index (κ2) is 3.49. The van der Waals surface area contributed by atoms with Crippen LogP contribution in [0.15, 0.2) is 35.4 Å². The predicted molar refractivity (Wildman–Crippen MR) is 53.8 cm³/mol. The minimum absolute atomic E-state index is 0.00583. The Morgan fingerprint density at radius 2 is 2.14 bits per heavy atom. The van der Waals surface area contributed by atoms with Gasteiger partial charge in [0.1, 0.15) is 5.71 Å². The van der Waals surface area contributed by atoms with Gasteiger partial charge in [-0.1, -0.05) is 30.3 Å². The fraction of sp³-hybridized carbons (Fsp3) is 0.200. The Bertz CT molecular complexity index is 372. The molecule has 14 heavy (non-hydrogen) atoms. The van der Waals surface area contributed by atoms with E-state index < -0.39 is 5.91 Å². The van der Waals surface area contributed by atoms with Gasteiger partial charge in [0.2, 0.25) is 0 Å². The number of carbonyl (C=O) groups is 1. The maximum Gasteiger partial charge on any atom is 0.265 e. The summed E-state index contributed by atoms with van der Waals surface area (Å²) >= 11 is 0. The van der Waals surface area contributed by atoms with Gasteiger partial charge in [-0.3, -0.25) is 4.79 Å². The minimum atomic E-state index is -0.455. The summed E-state index contributed by atoms with van der Waals surface area (Å²) < 4.78 is 0. The Hall–Kier alpha value is -1.84. The van der Waals surface area contributed by atoms with Gasteiger partial charge in [0.05, 0.1) is 5.92 Å². The molecule has 2 rings (SSSR count). The summed E-state index contributed by atoms with van der Waals surface area (Å²) in [5, 5.41) is 3.89. The molecule has 1 aliphatic rings. The van der Waals surface area contributed by atoms with E-state index in [2.05, 4.69) is 10.5 Å². The van der Waals surface area contributed by atoms with Crippen molar-refractivity contribution >= 4 is 11.6 Å². The zero-order valence-electron chi connectivity index (χ0n) is 7.60. The van der Waals surface area contributed by atoms with E-state index in [4.69, 9.17) is 5.73 Å². The highest BCUT2D eigenvalue weighted by Gasteiger charge is 2.26. The molecule has 4 heteroatoms. The van der Waals surface area contributed by atoms with Crippen molar-refractivity contribution < 1.29 is 4.79 Å². The molecule has 1 atom stereocenters. The van der Waals surface area contributed by atoms with Crippen LogP contribution in [0.3, 0.4) is 0 Å². The fourth-order valence-corrected chi connectivity index (χ4v) is 1.58. The standard InChI is InChI=1S/C10H11N3O/c11-10(14)9-8(6-12-13-9)7-4-2-1-3-5-7/h1-5,8,12H,6H2,(H2,11,14). The lowest BCUT2D eigenvalue weighted by atomic mass is 9.95. The first-order valence-electron chi connectivity index (χ1n) is 4.44. The maximum atomic E-state index is 11.0. The lowest BCUT2D eigenvalue weighted by molar-refractivity contribution is -0.112. The largest absolute Gasteiger partial charge is 0.364 e. The van der Waals surface area contributed by atoms with E-state index in [1.54, 1.807) is 0 Å². The Kier molecular flexibility index (Phi) is 2.18. The van der Waals surface area contributed by atoms with Crippen LogP contribution in [-0.2, 0) is 4.79 Å². The molecular formula is C10H11N3O. The number of carbonyl (C=O) groups excluding carboxylic acids is 1. The molecule has 0 bridgehead atoms. The van der Waals surface area contributed by atoms with Crippen LogP contribution in [0.1, 0.15) is 11.5 Å². The molecule has 1 aliphatic heterocycles. The van der Waals surface area contributed by atoms with E-state index >= 15 is 0 Å². The summed E-state index contributed by atoms with van der Waals surface area (Å²) in [5.41, 5.74) is 9.48. The number of amides is 1. The van der Waals surface area contributed by atoms with Crippen LogP contribution in [0.5, 0.6) is 0 Å². The van der Waals surface area contributed by atoms with E-state index in [0.29, 0.717) is 12.3 Å². The fourth-order valence-electron chi connectivity index (χ4n) is 1.58. The highest BCUT2D eigenvalue weighted by Crippen LogP contribution is 2.19. The van der Waals surface area contributed by atoms with Gasteiger partial charge in [-0.05, 0) is 5.56 Å². The number of hydrogen-bond donors (Lipinski definition) is 2. The van der Waals surface area contributed by atoms with Crippen LogP contribution >= 0.6 is 0 Å². The third-order valence-corrected chi connectivity index (χ3v) is 2.28. The molecule has 1 unspecified atom stereocenters. The van der Waals surface area contributed by atoms with Crippen LogP contribution in [-0.4, -0.2) is 18.2 Å². The molecule has 0 radical (unpaired) electrons. The first kappa shape index (κ1) is 8.74. The number of benzene rings is 1. The van der Waals surface area contributed by atoms with Crippen LogP contribution in [0.4, 0.5) is 0 Å². The summed E-state index contributed by atoms with van der Waals surface area (Å²) in [6.07, 6.45) is 0. The Labute approximate surface area is 81.8 Å². The molecule has 0 aliphatic carbocycles. The Balaban J connectivity index is 2.29. The molecule has 1 amide bonds. The summed E-state index contributed by atoms with van der Waals surface area (Å²) in [6.45, 7) is 0.641. The molecule has 0 aromatic heterocycles. The lowest BCUT2D eigenvalue weighted by Crippen LogP contribution is -2.27. The van der Waals surface area contributed by atoms with E-state index in [1.807, 2.05) is 30.3 Å². The predicted octanol–water partition coefficient (Wildman–Crippen LogP) is 0.215. The number of primary amides is 1. The summed E-state index contributed by atoms with van der Waals surface area (Å²) in [7, 11) is 0. The van der Waals surface area contributed by atoms with Crippen LogP contribution in [0.25, 0.3) is 0 Å². The van der Waals surface area contributed by atoms with Crippen molar-refractivity contribution in [2.24, 2.45) is 10.8 Å². The Morgan fingerprint density at radius 1 is 1.43 bits per heavy atom. The quantitative estimate of drug-likeness (QED) is 0.698. The molecule has 3 N–H and O–H groups in total. The van der Waals surface area contributed by atoms with Crippen molar-refractivity contribution in [2.45, 2.75) is 5.92 Å². The smallest absolute Gasteiger partial charge is 0.265 e. The molecule has 1 aromatic carbocycles. The van der Waals surface area contributed by atoms with Gasteiger partial charge in [0.25, 0.3) is 5.91 Å². The van der Waals surface area contributed by atoms with Gasteiger partial charge in [0, 0.05) is 6.54 Å². The van der Waals surface area contributed by atoms with Crippen molar-refractivity contribution in [1.82, 2.24) is 5.43 Å². The normalized spacial score (nSPS) is 20.0. The van der Waals surface area contributed by atoms with E-state index in [-0.39, 0.29) is 5.92 Å². The first-order chi connectivity index (χ1) is 6.79. The second-order valence-electron chi connectivity index (χ2n) is 3.19. The maximum absolute atomic E-state index is 11.0. The highest BCUT2D eigenvalue weighted by molar-refractivity contribution is 6.40. The topological polar surface area (TPSA) is 67.5 Å². The molecule has 0 saturated heterocycles. The van der Waals surface area contributed by atoms with Crippen molar-refractivity contribution in [2.75, 3.05) is 6.54 Å². The molecular weight excluding hydrogens is 178 g/mol. The SMILES string of the molecule is NC(=O)C1=NNCC1c1ccccc1. The number of nitrogens with two attached hydrogens (primary N) is 1. The molecule has 1 heterocycles. The van der Waals surface area contributed by atoms with Gasteiger partial charge in [-0.25, -0.2) is 0 Å². The molecule has 0 spiro atoms. The number of hydrazone groups is 1. The van der Waals surface area contributed by atoms with Gasteiger partial charge in [0.15, 0.2) is 0 Å². The summed E-state index contributed by atoms with van der Waals surface area (Å²) in [5.74, 6) is -0.461. The van der Waals surface area contributed by atoms with Crippen molar-refractivity contribution in [1.29, 1.82) is 0 Å². The highest BCUT2D eigenvalue weighted by atomic mass is 16.1. The van der Waals surface area contributed by atoms with E-state index in [9.17, 15) is 4.79 Å². The zero-order chi connectivity index (χ0) is 9.97. The number of hydrogen-bond acceptors (Lipinski definition) is 3. The monoisotopic (exact) mass is 189 g/mol. The third-order valence-electron chi connectivity index (χ3n) is 2.28. The van der Waals surface area contributed by atoms with E-state index in [1.165, 1.54) is 0 Å². The first-order valence-corrected chi connectivity index (χ1v) is 4.44. The molecule has 1 aromatic rings. The van der Waals surface area contributed by atoms with Crippen LogP contribution in [0, 0.1) is 0 Å². The summed E-state index contributed by atoms with van der Waals surface area (Å²) in [4.78, 5) is 11.0. The number of nitrogens with zero attached hydrogens (tertiary/aromatic N) is 1. The van der Waals surface area contributed by atoms with Crippen LogP contribution in [0.2, 0.25) is 0 Å². The zero-order valence-corrected chi connectivity index (χ0v) is 7.60. The van der Waals surface area contributed by atoms with E-state index in [0.717, 1.165) is 5.56 Å². The third kappa shape index (κ3) is 1.46. The van der Waals surface area contributed by atoms with Crippen molar-refractivity contribution in [3.05, 3.63) is 35.9 Å². The molecule has 0 fully saturated rings. The van der Waals surface area contributed by atoms with Gasteiger partial charge >= 0.3 is 0 Å². The number of nitrogens with one attached hydrogen (secondary N) is 1. The number of rotatable bonds is 2. The van der Waals surface area contributed by atoms with Crippen LogP contribution < -0.4 is 11.2 Å². The van der Waals surface area contributed by atoms with Gasteiger partial charge < -0.3 is 11.2 Å². The Morgan fingerprint density at radius 3 is 2.79 bits per heavy atom. The van der Waals surface area contributed by atoms with Gasteiger partial charge in [-0.2, -0.15) is 5.10 Å². The second-order valence-corrected chi connectivity index (χ2v) is 3.19. The average Bonchev–Trinajstić information content (AvgIpc) is 2.67. The molecule has 0 saturated carbocycles. The average molecular weight is 189 g/mol. The molecule has 4 nitrogen and oxygen atoms in total. The minimum Gasteiger partial charge on any atom is -0.364 e. The lowest BCUT2D eigenvalue weighted by Gasteiger charge is -2.08. The van der Waals surface area contributed by atoms with Gasteiger partial charge in [-0.15, -0.1) is 0 Å². The van der Waals surface area contributed by atoms with Crippen molar-refractivity contribution in [3.63, 3.8) is 0 Å². The van der Waals surface area contributed by atoms with Crippen molar-refractivity contribution in [3.8, 4) is 0 Å². The molecule has 72 valence electrons.